The maximum Gasteiger partial charge on any atom is 0.407 e. The molecule has 1 fully saturated rings. The first kappa shape index (κ1) is 20.0. The van der Waals surface area contributed by atoms with Gasteiger partial charge in [-0.3, -0.25) is 4.90 Å². The van der Waals surface area contributed by atoms with Crippen molar-refractivity contribution in [3.63, 3.8) is 0 Å². The largest absolute Gasteiger partial charge is 0.444 e. The highest BCUT2D eigenvalue weighted by atomic mass is 16.6. The summed E-state index contributed by atoms with van der Waals surface area (Å²) in [7, 11) is 0. The Morgan fingerprint density at radius 1 is 1.00 bits per heavy atom. The molecule has 2 aliphatic rings. The quantitative estimate of drug-likeness (QED) is 0.793. The van der Waals surface area contributed by atoms with E-state index in [1.165, 1.54) is 22.3 Å². The molecular weight excluding hydrogens is 360 g/mol. The van der Waals surface area contributed by atoms with Gasteiger partial charge < -0.3 is 10.1 Å². The second-order valence-electron chi connectivity index (χ2n) is 9.28. The number of likely N-dealkylation sites (tertiary alicyclic amines) is 1. The van der Waals surface area contributed by atoms with E-state index in [1.807, 2.05) is 20.8 Å². The number of alkyl carbamates (subject to hydrolysis) is 1. The number of amides is 1. The molecule has 0 bridgehead atoms. The van der Waals surface area contributed by atoms with Gasteiger partial charge in [-0.15, -0.1) is 0 Å². The lowest BCUT2D eigenvalue weighted by Crippen LogP contribution is -2.50. The van der Waals surface area contributed by atoms with E-state index in [4.69, 9.17) is 4.74 Å². The number of fused-ring (bicyclic) bond motifs is 2. The number of ether oxygens (including phenoxy) is 1. The Hall–Kier alpha value is -2.33. The molecule has 29 heavy (non-hydrogen) atoms. The first-order valence-corrected chi connectivity index (χ1v) is 10.8. The minimum Gasteiger partial charge on any atom is -0.444 e. The molecule has 0 saturated carbocycles. The molecule has 1 aliphatic carbocycles. The van der Waals surface area contributed by atoms with Gasteiger partial charge in [0.05, 0.1) is 6.04 Å². The third-order valence-corrected chi connectivity index (χ3v) is 5.90. The van der Waals surface area contributed by atoms with E-state index < -0.39 is 5.60 Å². The Bertz CT molecular complexity index is 824. The zero-order valence-electron chi connectivity index (χ0n) is 17.8. The lowest BCUT2D eigenvalue weighted by molar-refractivity contribution is 0.0462. The van der Waals surface area contributed by atoms with Crippen LogP contribution in [0.15, 0.2) is 48.5 Å². The Balaban J connectivity index is 1.59. The van der Waals surface area contributed by atoms with Crippen molar-refractivity contribution in [2.24, 2.45) is 0 Å². The summed E-state index contributed by atoms with van der Waals surface area (Å²) < 4.78 is 5.49. The van der Waals surface area contributed by atoms with Gasteiger partial charge in [0.15, 0.2) is 0 Å². The van der Waals surface area contributed by atoms with E-state index in [0.717, 1.165) is 38.8 Å². The summed E-state index contributed by atoms with van der Waals surface area (Å²) in [6.07, 6.45) is 3.91. The Morgan fingerprint density at radius 3 is 2.17 bits per heavy atom. The van der Waals surface area contributed by atoms with E-state index in [2.05, 4.69) is 58.7 Å². The van der Waals surface area contributed by atoms with Crippen LogP contribution >= 0.6 is 0 Å². The van der Waals surface area contributed by atoms with Crippen molar-refractivity contribution in [1.29, 1.82) is 0 Å². The van der Waals surface area contributed by atoms with Crippen LogP contribution in [0.4, 0.5) is 4.79 Å². The monoisotopic (exact) mass is 392 g/mol. The van der Waals surface area contributed by atoms with Gasteiger partial charge in [-0.25, -0.2) is 4.79 Å². The molecule has 1 unspecified atom stereocenters. The van der Waals surface area contributed by atoms with Crippen molar-refractivity contribution in [3.8, 4) is 0 Å². The number of carbonyl (C=O) groups is 1. The summed E-state index contributed by atoms with van der Waals surface area (Å²) in [6, 6.07) is 18.1. The second kappa shape index (κ2) is 8.19. The third kappa shape index (κ3) is 4.64. The van der Waals surface area contributed by atoms with Crippen LogP contribution in [0.3, 0.4) is 0 Å². The molecule has 0 radical (unpaired) electrons. The number of benzene rings is 2. The number of piperidine rings is 1. The molecule has 1 atom stereocenters. The molecule has 1 saturated heterocycles. The number of carbonyl (C=O) groups excluding carboxylic acids is 1. The number of rotatable bonds is 2. The van der Waals surface area contributed by atoms with E-state index in [-0.39, 0.29) is 18.2 Å². The molecule has 4 heteroatoms. The van der Waals surface area contributed by atoms with E-state index in [9.17, 15) is 4.79 Å². The predicted octanol–water partition coefficient (Wildman–Crippen LogP) is 4.86. The average Bonchev–Trinajstić information content (AvgIpc) is 2.83. The van der Waals surface area contributed by atoms with Gasteiger partial charge in [0.1, 0.15) is 5.60 Å². The number of hydrogen-bond donors (Lipinski definition) is 1. The lowest BCUT2D eigenvalue weighted by atomic mass is 9.91. The number of aryl methyl sites for hydroxylation is 2. The van der Waals surface area contributed by atoms with E-state index in [0.29, 0.717) is 0 Å². The van der Waals surface area contributed by atoms with Gasteiger partial charge in [-0.2, -0.15) is 0 Å². The average molecular weight is 393 g/mol. The van der Waals surface area contributed by atoms with Crippen LogP contribution in [0.2, 0.25) is 0 Å². The van der Waals surface area contributed by atoms with Gasteiger partial charge in [-0.1, -0.05) is 48.5 Å². The molecule has 1 amide bonds. The fourth-order valence-corrected chi connectivity index (χ4v) is 4.72. The molecule has 1 aliphatic heterocycles. The fourth-order valence-electron chi connectivity index (χ4n) is 4.72. The number of hydrogen-bond acceptors (Lipinski definition) is 3. The minimum absolute atomic E-state index is 0.112. The molecule has 2 aromatic rings. The summed E-state index contributed by atoms with van der Waals surface area (Å²) in [5.41, 5.74) is 5.23. The predicted molar refractivity (Wildman–Crippen MR) is 116 cm³/mol. The molecule has 1 heterocycles. The Morgan fingerprint density at radius 2 is 1.59 bits per heavy atom. The second-order valence-corrected chi connectivity index (χ2v) is 9.28. The summed E-state index contributed by atoms with van der Waals surface area (Å²) >= 11 is 0. The topological polar surface area (TPSA) is 41.6 Å². The van der Waals surface area contributed by atoms with Crippen LogP contribution in [-0.2, 0) is 17.6 Å². The molecular formula is C25H32N2O2. The molecule has 4 rings (SSSR count). The zero-order valence-corrected chi connectivity index (χ0v) is 17.8. The van der Waals surface area contributed by atoms with E-state index >= 15 is 0 Å². The molecule has 0 spiro atoms. The zero-order chi connectivity index (χ0) is 20.4. The molecule has 154 valence electrons. The Kier molecular flexibility index (Phi) is 5.64. The molecule has 2 aromatic carbocycles. The smallest absolute Gasteiger partial charge is 0.407 e. The van der Waals surface area contributed by atoms with Crippen molar-refractivity contribution in [3.05, 3.63) is 70.8 Å². The first-order valence-electron chi connectivity index (χ1n) is 10.8. The maximum absolute atomic E-state index is 12.3. The first-order chi connectivity index (χ1) is 13.9. The summed E-state index contributed by atoms with van der Waals surface area (Å²) in [6.45, 7) is 7.59. The van der Waals surface area contributed by atoms with Crippen LogP contribution < -0.4 is 5.32 Å². The van der Waals surface area contributed by atoms with Crippen LogP contribution in [0.1, 0.15) is 61.9 Å². The third-order valence-electron chi connectivity index (χ3n) is 5.90. The van der Waals surface area contributed by atoms with Gasteiger partial charge >= 0.3 is 6.09 Å². The normalized spacial score (nSPS) is 20.3. The highest BCUT2D eigenvalue weighted by molar-refractivity contribution is 5.68. The van der Waals surface area contributed by atoms with Crippen molar-refractivity contribution in [1.82, 2.24) is 10.2 Å². The van der Waals surface area contributed by atoms with Crippen molar-refractivity contribution in [2.45, 2.75) is 64.1 Å². The lowest BCUT2D eigenvalue weighted by Gasteiger charge is -2.39. The number of nitrogens with zero attached hydrogens (tertiary/aromatic N) is 1. The standard InChI is InChI=1S/C25H32N2O2/c1-25(2,3)29-24(28)26-20-11-8-16-27(17-20)23-21-12-6-4-9-18(21)14-15-19-10-5-7-13-22(19)23/h4-7,9-10,12-13,20,23H,8,11,14-17H2,1-3H3,(H,26,28). The van der Waals surface area contributed by atoms with Crippen LogP contribution in [0.5, 0.6) is 0 Å². The highest BCUT2D eigenvalue weighted by Gasteiger charge is 2.32. The van der Waals surface area contributed by atoms with Gasteiger partial charge in [0.25, 0.3) is 0 Å². The molecule has 1 N–H and O–H groups in total. The Labute approximate surface area is 174 Å². The van der Waals surface area contributed by atoms with Crippen molar-refractivity contribution < 1.29 is 9.53 Å². The van der Waals surface area contributed by atoms with Crippen molar-refractivity contribution >= 4 is 6.09 Å². The van der Waals surface area contributed by atoms with Crippen LogP contribution in [-0.4, -0.2) is 35.7 Å². The molecule has 0 aromatic heterocycles. The van der Waals surface area contributed by atoms with Crippen LogP contribution in [0, 0.1) is 0 Å². The van der Waals surface area contributed by atoms with Gasteiger partial charge in [-0.05, 0) is 75.3 Å². The van der Waals surface area contributed by atoms with Crippen LogP contribution in [0.25, 0.3) is 0 Å². The van der Waals surface area contributed by atoms with E-state index in [1.54, 1.807) is 0 Å². The van der Waals surface area contributed by atoms with Gasteiger partial charge in [0.2, 0.25) is 0 Å². The number of nitrogens with one attached hydrogen (secondary N) is 1. The summed E-state index contributed by atoms with van der Waals surface area (Å²) in [5.74, 6) is 0. The molecule has 4 nitrogen and oxygen atoms in total. The minimum atomic E-state index is -0.475. The fraction of sp³-hybridized carbons (Fsp3) is 0.480. The SMILES string of the molecule is CC(C)(C)OC(=O)NC1CCCN(C2c3ccccc3CCc3ccccc32)C1. The maximum atomic E-state index is 12.3. The summed E-state index contributed by atoms with van der Waals surface area (Å²) in [4.78, 5) is 14.9. The highest BCUT2D eigenvalue weighted by Crippen LogP contribution is 2.38. The summed E-state index contributed by atoms with van der Waals surface area (Å²) in [5, 5.41) is 3.11. The van der Waals surface area contributed by atoms with Crippen molar-refractivity contribution in [2.75, 3.05) is 13.1 Å². The van der Waals surface area contributed by atoms with Gasteiger partial charge in [0, 0.05) is 12.6 Å².